The van der Waals surface area contributed by atoms with Crippen molar-refractivity contribution >= 4 is 27.9 Å². The Balaban J connectivity index is 1.44. The number of rotatable bonds is 5. The summed E-state index contributed by atoms with van der Waals surface area (Å²) in [6.07, 6.45) is 2.25. The van der Waals surface area contributed by atoms with Crippen LogP contribution in [0.5, 0.6) is 5.75 Å². The van der Waals surface area contributed by atoms with E-state index in [9.17, 15) is 4.79 Å². The van der Waals surface area contributed by atoms with Gasteiger partial charge in [0.1, 0.15) is 5.75 Å². The summed E-state index contributed by atoms with van der Waals surface area (Å²) in [4.78, 5) is 15.6. The molecule has 27 heavy (non-hydrogen) atoms. The van der Waals surface area contributed by atoms with Gasteiger partial charge in [0.25, 0.3) is 5.91 Å². The molecule has 0 fully saturated rings. The smallest absolute Gasteiger partial charge is 0.261 e. The molecule has 1 aliphatic rings. The highest BCUT2D eigenvalue weighted by Gasteiger charge is 2.20. The molecule has 1 amide bonds. The predicted molar refractivity (Wildman–Crippen MR) is 110 cm³/mol. The highest BCUT2D eigenvalue weighted by Crippen LogP contribution is 2.37. The monoisotopic (exact) mass is 378 g/mol. The number of anilines is 2. The molecule has 5 heteroatoms. The molecule has 0 saturated heterocycles. The van der Waals surface area contributed by atoms with Crippen LogP contribution in [0.2, 0.25) is 0 Å². The number of hydrogen-bond acceptors (Lipinski definition) is 4. The van der Waals surface area contributed by atoms with Gasteiger partial charge in [0.2, 0.25) is 0 Å². The second kappa shape index (κ2) is 7.84. The van der Waals surface area contributed by atoms with E-state index < -0.39 is 0 Å². The molecule has 0 radical (unpaired) electrons. The minimum Gasteiger partial charge on any atom is -0.497 e. The molecule has 0 aliphatic carbocycles. The van der Waals surface area contributed by atoms with E-state index >= 15 is 0 Å². The van der Waals surface area contributed by atoms with E-state index in [0.717, 1.165) is 40.6 Å². The summed E-state index contributed by atoms with van der Waals surface area (Å²) in [5.41, 5.74) is 3.68. The van der Waals surface area contributed by atoms with Crippen molar-refractivity contribution in [2.24, 2.45) is 0 Å². The summed E-state index contributed by atoms with van der Waals surface area (Å²) >= 11 is 1.55. The molecule has 4 rings (SSSR count). The van der Waals surface area contributed by atoms with Crippen LogP contribution in [0, 0.1) is 0 Å². The van der Waals surface area contributed by atoms with Gasteiger partial charge in [0, 0.05) is 18.8 Å². The summed E-state index contributed by atoms with van der Waals surface area (Å²) in [5, 5.41) is 4.12. The molecule has 0 atom stereocenters. The summed E-state index contributed by atoms with van der Waals surface area (Å²) in [6.45, 7) is 1.49. The molecule has 2 heterocycles. The lowest BCUT2D eigenvalue weighted by molar-refractivity contribution is 0.0955. The molecule has 4 nitrogen and oxygen atoms in total. The minimum atomic E-state index is -0.0348. The second-order valence-corrected chi connectivity index (χ2v) is 7.61. The number of carbonyl (C=O) groups is 1. The zero-order chi connectivity index (χ0) is 18.6. The van der Waals surface area contributed by atoms with Crippen LogP contribution in [0.15, 0.2) is 60.7 Å². The largest absolute Gasteiger partial charge is 0.497 e. The number of carbonyl (C=O) groups excluding carboxylic acids is 1. The maximum atomic E-state index is 12.5. The van der Waals surface area contributed by atoms with Crippen LogP contribution in [0.3, 0.4) is 0 Å². The van der Waals surface area contributed by atoms with Gasteiger partial charge in [-0.15, -0.1) is 11.3 Å². The third-order valence-corrected chi connectivity index (χ3v) is 5.91. The fourth-order valence-electron chi connectivity index (χ4n) is 3.37. The van der Waals surface area contributed by atoms with Crippen LogP contribution < -0.4 is 15.0 Å². The van der Waals surface area contributed by atoms with Crippen LogP contribution in [-0.2, 0) is 13.0 Å². The zero-order valence-electron chi connectivity index (χ0n) is 15.3. The second-order valence-electron chi connectivity index (χ2n) is 6.55. The molecular formula is C22H22N2O2S. The van der Waals surface area contributed by atoms with Crippen molar-refractivity contribution in [3.8, 4) is 5.75 Å². The number of thiophene rings is 1. The van der Waals surface area contributed by atoms with Crippen LogP contribution in [0.1, 0.15) is 27.2 Å². The Hall–Kier alpha value is -2.79. The van der Waals surface area contributed by atoms with E-state index in [1.807, 2.05) is 30.3 Å². The van der Waals surface area contributed by atoms with E-state index in [1.165, 1.54) is 11.3 Å². The topological polar surface area (TPSA) is 41.6 Å². The van der Waals surface area contributed by atoms with E-state index in [0.29, 0.717) is 6.54 Å². The third kappa shape index (κ3) is 3.83. The van der Waals surface area contributed by atoms with Crippen molar-refractivity contribution in [2.75, 3.05) is 18.6 Å². The molecule has 1 aromatic heterocycles. The number of para-hydroxylation sites is 1. The number of benzene rings is 2. The average Bonchev–Trinajstić information content (AvgIpc) is 3.22. The molecule has 0 saturated carbocycles. The average molecular weight is 378 g/mol. The molecular weight excluding hydrogens is 356 g/mol. The lowest BCUT2D eigenvalue weighted by Crippen LogP contribution is -2.23. The van der Waals surface area contributed by atoms with Gasteiger partial charge < -0.3 is 15.0 Å². The fraction of sp³-hybridized carbons (Fsp3) is 0.227. The SMILES string of the molecule is COc1ccc(CNC(=O)c2ccc(N3CCCc4ccccc43)s2)cc1. The van der Waals surface area contributed by atoms with Gasteiger partial charge in [-0.05, 0) is 54.3 Å². The maximum Gasteiger partial charge on any atom is 0.261 e. The van der Waals surface area contributed by atoms with Gasteiger partial charge >= 0.3 is 0 Å². The maximum absolute atomic E-state index is 12.5. The standard InChI is InChI=1S/C22H22N2O2S/c1-26-18-10-8-16(9-11-18)15-23-22(25)20-12-13-21(27-20)24-14-4-6-17-5-2-3-7-19(17)24/h2-3,5,7-13H,4,6,14-15H2,1H3,(H,23,25). The molecule has 1 N–H and O–H groups in total. The molecule has 0 spiro atoms. The van der Waals surface area contributed by atoms with Gasteiger partial charge in [-0.2, -0.15) is 0 Å². The number of nitrogens with zero attached hydrogens (tertiary/aromatic N) is 1. The fourth-order valence-corrected chi connectivity index (χ4v) is 4.33. The summed E-state index contributed by atoms with van der Waals surface area (Å²) in [5.74, 6) is 0.780. The van der Waals surface area contributed by atoms with Crippen molar-refractivity contribution in [1.29, 1.82) is 0 Å². The van der Waals surface area contributed by atoms with Crippen molar-refractivity contribution in [1.82, 2.24) is 5.32 Å². The number of nitrogens with one attached hydrogen (secondary N) is 1. The first-order valence-electron chi connectivity index (χ1n) is 9.11. The zero-order valence-corrected chi connectivity index (χ0v) is 16.1. The van der Waals surface area contributed by atoms with Crippen molar-refractivity contribution in [3.05, 3.63) is 76.7 Å². The molecule has 0 unspecified atom stereocenters. The van der Waals surface area contributed by atoms with E-state index in [4.69, 9.17) is 4.74 Å². The minimum absolute atomic E-state index is 0.0348. The van der Waals surface area contributed by atoms with E-state index in [1.54, 1.807) is 18.4 Å². The number of methoxy groups -OCH3 is 1. The number of fused-ring (bicyclic) bond motifs is 1. The highest BCUT2D eigenvalue weighted by molar-refractivity contribution is 7.18. The van der Waals surface area contributed by atoms with Crippen LogP contribution >= 0.6 is 11.3 Å². The number of hydrogen-bond donors (Lipinski definition) is 1. The molecule has 138 valence electrons. The molecule has 2 aromatic carbocycles. The quantitative estimate of drug-likeness (QED) is 0.695. The summed E-state index contributed by atoms with van der Waals surface area (Å²) < 4.78 is 5.16. The van der Waals surface area contributed by atoms with Crippen LogP contribution in [0.4, 0.5) is 10.7 Å². The Kier molecular flexibility index (Phi) is 5.12. The van der Waals surface area contributed by atoms with Crippen molar-refractivity contribution in [2.45, 2.75) is 19.4 Å². The Morgan fingerprint density at radius 2 is 1.93 bits per heavy atom. The lowest BCUT2D eigenvalue weighted by atomic mass is 10.0. The molecule has 1 aliphatic heterocycles. The van der Waals surface area contributed by atoms with Crippen molar-refractivity contribution in [3.63, 3.8) is 0 Å². The summed E-state index contributed by atoms with van der Waals surface area (Å²) in [7, 11) is 1.64. The first-order valence-corrected chi connectivity index (χ1v) is 9.92. The highest BCUT2D eigenvalue weighted by atomic mass is 32.1. The van der Waals surface area contributed by atoms with Gasteiger partial charge in [0.15, 0.2) is 0 Å². The first kappa shape index (κ1) is 17.6. The van der Waals surface area contributed by atoms with Gasteiger partial charge in [-0.25, -0.2) is 0 Å². The first-order chi connectivity index (χ1) is 13.2. The van der Waals surface area contributed by atoms with Crippen LogP contribution in [-0.4, -0.2) is 19.6 Å². The molecule has 3 aromatic rings. The number of ether oxygens (including phenoxy) is 1. The van der Waals surface area contributed by atoms with E-state index in [-0.39, 0.29) is 5.91 Å². The molecule has 0 bridgehead atoms. The third-order valence-electron chi connectivity index (χ3n) is 4.80. The Labute approximate surface area is 163 Å². The Morgan fingerprint density at radius 3 is 2.74 bits per heavy atom. The van der Waals surface area contributed by atoms with Crippen LogP contribution in [0.25, 0.3) is 0 Å². The van der Waals surface area contributed by atoms with Gasteiger partial charge in [-0.1, -0.05) is 30.3 Å². The number of amides is 1. The Bertz CT molecular complexity index is 933. The van der Waals surface area contributed by atoms with E-state index in [2.05, 4.69) is 40.5 Å². The van der Waals surface area contributed by atoms with Gasteiger partial charge in [0.05, 0.1) is 17.0 Å². The summed E-state index contributed by atoms with van der Waals surface area (Å²) in [6, 6.07) is 20.2. The number of aryl methyl sites for hydroxylation is 1. The predicted octanol–water partition coefficient (Wildman–Crippen LogP) is 4.77. The Morgan fingerprint density at radius 1 is 1.11 bits per heavy atom. The van der Waals surface area contributed by atoms with Gasteiger partial charge in [-0.3, -0.25) is 4.79 Å². The normalized spacial score (nSPS) is 13.1. The van der Waals surface area contributed by atoms with Crippen molar-refractivity contribution < 1.29 is 9.53 Å². The lowest BCUT2D eigenvalue weighted by Gasteiger charge is -2.30.